The summed E-state index contributed by atoms with van der Waals surface area (Å²) >= 11 is 5.94. The molecule has 0 fully saturated rings. The molecule has 0 bridgehead atoms. The van der Waals surface area contributed by atoms with Crippen LogP contribution >= 0.6 is 11.6 Å². The van der Waals surface area contributed by atoms with Gasteiger partial charge >= 0.3 is 0 Å². The molecule has 4 heteroatoms. The molecule has 2 aromatic rings. The molecule has 0 aliphatic carbocycles. The molecule has 0 radical (unpaired) electrons. The van der Waals surface area contributed by atoms with E-state index < -0.39 is 5.60 Å². The normalized spacial score (nSPS) is 15.9. The van der Waals surface area contributed by atoms with Crippen molar-refractivity contribution in [2.45, 2.75) is 19.4 Å². The van der Waals surface area contributed by atoms with Crippen molar-refractivity contribution in [3.8, 4) is 0 Å². The number of halogens is 2. The van der Waals surface area contributed by atoms with Crippen molar-refractivity contribution in [2.75, 3.05) is 20.6 Å². The zero-order chi connectivity index (χ0) is 18.6. The Hall–Kier alpha value is -1.68. The molecular weight excluding hydrogens is 337 g/mol. The SMILES string of the molecule is CC(=Cc1ccc(Cl)cc1)C(O)(c1cccc(F)c1)C(C)CN(C)C. The minimum absolute atomic E-state index is 0.132. The maximum absolute atomic E-state index is 13.8. The Kier molecular flexibility index (Phi) is 6.39. The van der Waals surface area contributed by atoms with Gasteiger partial charge < -0.3 is 10.0 Å². The first-order chi connectivity index (χ1) is 11.7. The van der Waals surface area contributed by atoms with Gasteiger partial charge in [0, 0.05) is 17.5 Å². The maximum atomic E-state index is 13.8. The van der Waals surface area contributed by atoms with Gasteiger partial charge in [0.05, 0.1) is 0 Å². The van der Waals surface area contributed by atoms with Crippen LogP contribution in [0.25, 0.3) is 6.08 Å². The monoisotopic (exact) mass is 361 g/mol. The van der Waals surface area contributed by atoms with Crippen molar-refractivity contribution in [1.82, 2.24) is 4.90 Å². The third-order valence-corrected chi connectivity index (χ3v) is 4.72. The first-order valence-electron chi connectivity index (χ1n) is 8.31. The van der Waals surface area contributed by atoms with E-state index in [4.69, 9.17) is 11.6 Å². The van der Waals surface area contributed by atoms with Crippen molar-refractivity contribution < 1.29 is 9.50 Å². The highest BCUT2D eigenvalue weighted by atomic mass is 35.5. The number of aliphatic hydroxyl groups is 1. The summed E-state index contributed by atoms with van der Waals surface area (Å²) in [5.41, 5.74) is 0.986. The van der Waals surface area contributed by atoms with Crippen LogP contribution in [-0.2, 0) is 5.60 Å². The van der Waals surface area contributed by atoms with Crippen LogP contribution in [0.5, 0.6) is 0 Å². The van der Waals surface area contributed by atoms with Crippen LogP contribution in [-0.4, -0.2) is 30.6 Å². The fourth-order valence-electron chi connectivity index (χ4n) is 3.23. The molecule has 0 amide bonds. The molecule has 0 saturated heterocycles. The van der Waals surface area contributed by atoms with Crippen LogP contribution in [0.2, 0.25) is 5.02 Å². The Bertz CT molecular complexity index is 742. The van der Waals surface area contributed by atoms with Gasteiger partial charge in [0.25, 0.3) is 0 Å². The van der Waals surface area contributed by atoms with Crippen LogP contribution in [0.15, 0.2) is 54.1 Å². The lowest BCUT2D eigenvalue weighted by Crippen LogP contribution is -2.40. The Labute approximate surface area is 154 Å². The molecule has 1 N–H and O–H groups in total. The van der Waals surface area contributed by atoms with E-state index >= 15 is 0 Å². The zero-order valence-electron chi connectivity index (χ0n) is 15.1. The molecule has 2 nitrogen and oxygen atoms in total. The Morgan fingerprint density at radius 2 is 1.88 bits per heavy atom. The van der Waals surface area contributed by atoms with Gasteiger partial charge in [0.1, 0.15) is 11.4 Å². The Balaban J connectivity index is 2.51. The fraction of sp³-hybridized carbons (Fsp3) is 0.333. The molecule has 25 heavy (non-hydrogen) atoms. The quantitative estimate of drug-likeness (QED) is 0.785. The third-order valence-electron chi connectivity index (χ3n) is 4.47. The summed E-state index contributed by atoms with van der Waals surface area (Å²) in [5.74, 6) is -0.486. The minimum atomic E-state index is -1.27. The number of hydrogen-bond donors (Lipinski definition) is 1. The van der Waals surface area contributed by atoms with Gasteiger partial charge in [-0.3, -0.25) is 0 Å². The van der Waals surface area contributed by atoms with Gasteiger partial charge in [-0.1, -0.05) is 48.9 Å². The Morgan fingerprint density at radius 1 is 1.24 bits per heavy atom. The van der Waals surface area contributed by atoms with Crippen LogP contribution < -0.4 is 0 Å². The van der Waals surface area contributed by atoms with Gasteiger partial charge in [0.15, 0.2) is 0 Å². The van der Waals surface area contributed by atoms with Crippen LogP contribution in [0.3, 0.4) is 0 Å². The van der Waals surface area contributed by atoms with Crippen LogP contribution in [0.1, 0.15) is 25.0 Å². The van der Waals surface area contributed by atoms with Crippen molar-refractivity contribution in [2.24, 2.45) is 5.92 Å². The highest BCUT2D eigenvalue weighted by Gasteiger charge is 2.38. The lowest BCUT2D eigenvalue weighted by atomic mass is 9.76. The van der Waals surface area contributed by atoms with E-state index in [1.807, 2.05) is 63.2 Å². The van der Waals surface area contributed by atoms with E-state index in [2.05, 4.69) is 0 Å². The number of benzene rings is 2. The summed E-state index contributed by atoms with van der Waals surface area (Å²) < 4.78 is 13.8. The van der Waals surface area contributed by atoms with Crippen LogP contribution in [0, 0.1) is 11.7 Å². The highest BCUT2D eigenvalue weighted by molar-refractivity contribution is 6.30. The minimum Gasteiger partial charge on any atom is -0.380 e. The molecule has 0 aliphatic heterocycles. The maximum Gasteiger partial charge on any atom is 0.123 e. The van der Waals surface area contributed by atoms with E-state index in [0.29, 0.717) is 17.1 Å². The van der Waals surface area contributed by atoms with Gasteiger partial charge in [-0.15, -0.1) is 0 Å². The average Bonchev–Trinajstić information content (AvgIpc) is 2.55. The molecule has 0 heterocycles. The zero-order valence-corrected chi connectivity index (χ0v) is 15.9. The summed E-state index contributed by atoms with van der Waals surface area (Å²) in [6.07, 6.45) is 1.92. The molecule has 2 atom stereocenters. The molecule has 134 valence electrons. The lowest BCUT2D eigenvalue weighted by Gasteiger charge is -2.37. The first-order valence-corrected chi connectivity index (χ1v) is 8.68. The topological polar surface area (TPSA) is 23.5 Å². The molecule has 2 rings (SSSR count). The average molecular weight is 362 g/mol. The van der Waals surface area contributed by atoms with Gasteiger partial charge in [0.2, 0.25) is 0 Å². The van der Waals surface area contributed by atoms with E-state index in [-0.39, 0.29) is 11.7 Å². The van der Waals surface area contributed by atoms with Gasteiger partial charge in [-0.25, -0.2) is 4.39 Å². The van der Waals surface area contributed by atoms with Gasteiger partial charge in [-0.05, 0) is 62.0 Å². The number of rotatable bonds is 6. The van der Waals surface area contributed by atoms with Gasteiger partial charge in [-0.2, -0.15) is 0 Å². The summed E-state index contributed by atoms with van der Waals surface area (Å²) in [5, 5.41) is 12.3. The van der Waals surface area contributed by atoms with Crippen molar-refractivity contribution in [3.05, 3.63) is 76.1 Å². The predicted octanol–water partition coefficient (Wildman–Crippen LogP) is 4.97. The summed E-state index contributed by atoms with van der Waals surface area (Å²) in [6.45, 7) is 4.52. The molecule has 0 aromatic heterocycles. The molecule has 0 saturated carbocycles. The van der Waals surface area contributed by atoms with E-state index in [9.17, 15) is 9.50 Å². The second-order valence-corrected chi connectivity index (χ2v) is 7.26. The molecule has 2 aromatic carbocycles. The largest absolute Gasteiger partial charge is 0.380 e. The summed E-state index contributed by atoms with van der Waals surface area (Å²) in [7, 11) is 3.92. The van der Waals surface area contributed by atoms with Crippen molar-refractivity contribution in [3.63, 3.8) is 0 Å². The van der Waals surface area contributed by atoms with Crippen molar-refractivity contribution >= 4 is 17.7 Å². The molecule has 2 unspecified atom stereocenters. The highest BCUT2D eigenvalue weighted by Crippen LogP contribution is 2.38. The fourth-order valence-corrected chi connectivity index (χ4v) is 3.35. The third kappa shape index (κ3) is 4.69. The Morgan fingerprint density at radius 3 is 2.44 bits per heavy atom. The first kappa shape index (κ1) is 19.6. The van der Waals surface area contributed by atoms with Crippen LogP contribution in [0.4, 0.5) is 4.39 Å². The number of nitrogens with zero attached hydrogens (tertiary/aromatic N) is 1. The summed E-state index contributed by atoms with van der Waals surface area (Å²) in [6, 6.07) is 13.6. The summed E-state index contributed by atoms with van der Waals surface area (Å²) in [4.78, 5) is 2.02. The second kappa shape index (κ2) is 8.13. The standard InChI is InChI=1S/C21H25ClFNO/c1-15(12-17-8-10-19(22)11-9-17)21(25,16(2)14-24(3)4)18-6-5-7-20(23)13-18/h5-13,16,25H,14H2,1-4H3. The smallest absolute Gasteiger partial charge is 0.123 e. The van der Waals surface area contributed by atoms with Crippen molar-refractivity contribution in [1.29, 1.82) is 0 Å². The second-order valence-electron chi connectivity index (χ2n) is 6.82. The molecule has 0 aliphatic rings. The predicted molar refractivity (Wildman–Crippen MR) is 103 cm³/mol. The molecule has 0 spiro atoms. The lowest BCUT2D eigenvalue weighted by molar-refractivity contribution is 0.0103. The van der Waals surface area contributed by atoms with E-state index in [1.54, 1.807) is 12.1 Å². The molecular formula is C21H25ClFNO. The van der Waals surface area contributed by atoms with E-state index in [1.165, 1.54) is 12.1 Å². The number of hydrogen-bond acceptors (Lipinski definition) is 2. The van der Waals surface area contributed by atoms with E-state index in [0.717, 1.165) is 11.1 Å².